The van der Waals surface area contributed by atoms with Crippen molar-refractivity contribution in [2.45, 2.75) is 57.2 Å². The van der Waals surface area contributed by atoms with Gasteiger partial charge in [0.15, 0.2) is 0 Å². The molecule has 0 radical (unpaired) electrons. The van der Waals surface area contributed by atoms with Gasteiger partial charge >= 0.3 is 5.97 Å². The van der Waals surface area contributed by atoms with Gasteiger partial charge in [-0.15, -0.1) is 0 Å². The van der Waals surface area contributed by atoms with E-state index in [4.69, 9.17) is 15.2 Å². The highest BCUT2D eigenvalue weighted by Gasteiger charge is 2.44. The molecule has 7 N–H and O–H groups in total. The second kappa shape index (κ2) is 24.4. The lowest BCUT2D eigenvalue weighted by molar-refractivity contribution is -0.141. The largest absolute Gasteiger partial charge is 0.465 e. The molecule has 4 aromatic rings. The molecule has 0 aromatic heterocycles. The van der Waals surface area contributed by atoms with Crippen LogP contribution < -0.4 is 32.3 Å². The van der Waals surface area contributed by atoms with E-state index in [2.05, 4.69) is 26.6 Å². The number of rotatable bonds is 12. The summed E-state index contributed by atoms with van der Waals surface area (Å²) in [5.41, 5.74) is 9.42. The minimum atomic E-state index is -1.13. The summed E-state index contributed by atoms with van der Waals surface area (Å²) in [6, 6.07) is 29.1. The number of piperidine rings is 1. The lowest BCUT2D eigenvalue weighted by Gasteiger charge is -2.42. The van der Waals surface area contributed by atoms with Crippen LogP contribution in [0.15, 0.2) is 115 Å². The van der Waals surface area contributed by atoms with E-state index in [0.717, 1.165) is 34.4 Å². The number of nitrogens with one attached hydrogen (secondary N) is 5. The summed E-state index contributed by atoms with van der Waals surface area (Å²) < 4.78 is 10.2. The zero-order chi connectivity index (χ0) is 47.6. The predicted octanol–water partition coefficient (Wildman–Crippen LogP) is 2.53. The fraction of sp³-hybridized carbons (Fsp3) is 0.353. The topological polar surface area (TPSA) is 227 Å². The third kappa shape index (κ3) is 14.2. The molecule has 0 unspecified atom stereocenters. The van der Waals surface area contributed by atoms with Crippen LogP contribution in [0.3, 0.4) is 0 Å². The molecule has 16 heteroatoms. The molecule has 2 aliphatic rings. The van der Waals surface area contributed by atoms with Gasteiger partial charge in [0.25, 0.3) is 0 Å². The monoisotopic (exact) mass is 913 g/mol. The Hall–Kier alpha value is -7.17. The van der Waals surface area contributed by atoms with Crippen LogP contribution in [0.4, 0.5) is 0 Å². The summed E-state index contributed by atoms with van der Waals surface area (Å²) in [7, 11) is 1.33. The number of fused-ring (bicyclic) bond motifs is 3. The highest BCUT2D eigenvalue weighted by molar-refractivity contribution is 5.97. The van der Waals surface area contributed by atoms with Crippen molar-refractivity contribution in [3.63, 3.8) is 0 Å². The van der Waals surface area contributed by atoms with Crippen LogP contribution in [0.25, 0.3) is 11.1 Å². The first-order valence-corrected chi connectivity index (χ1v) is 22.5. The molecule has 0 saturated carbocycles. The quantitative estimate of drug-likeness (QED) is 0.0900. The van der Waals surface area contributed by atoms with Gasteiger partial charge in [0, 0.05) is 57.8 Å². The van der Waals surface area contributed by atoms with Crippen molar-refractivity contribution in [3.8, 4) is 11.1 Å². The highest BCUT2D eigenvalue weighted by atomic mass is 16.5. The van der Waals surface area contributed by atoms with Gasteiger partial charge in [-0.05, 0) is 71.2 Å². The average Bonchev–Trinajstić information content (AvgIpc) is 3.34. The number of hydrogen-bond acceptors (Lipinski definition) is 10. The maximum absolute atomic E-state index is 14.9. The molecule has 16 nitrogen and oxygen atoms in total. The Morgan fingerprint density at radius 3 is 2.22 bits per heavy atom. The Balaban J connectivity index is 1.30. The zero-order valence-corrected chi connectivity index (χ0v) is 37.7. The van der Waals surface area contributed by atoms with Crippen molar-refractivity contribution >= 4 is 41.4 Å². The molecule has 2 bridgehead atoms. The van der Waals surface area contributed by atoms with Crippen molar-refractivity contribution in [2.75, 3.05) is 53.0 Å². The van der Waals surface area contributed by atoms with Gasteiger partial charge in [0.2, 0.25) is 35.4 Å². The first-order valence-electron chi connectivity index (χ1n) is 22.5. The molecule has 4 aromatic carbocycles. The number of carbonyl (C=O) groups is 7. The number of esters is 1. The van der Waals surface area contributed by atoms with Crippen LogP contribution in [0.2, 0.25) is 0 Å². The second-order valence-electron chi connectivity index (χ2n) is 16.7. The van der Waals surface area contributed by atoms with Gasteiger partial charge in [-0.3, -0.25) is 28.8 Å². The minimum absolute atomic E-state index is 0.00365. The van der Waals surface area contributed by atoms with Crippen LogP contribution in [-0.2, 0) is 64.0 Å². The molecule has 2 heterocycles. The highest BCUT2D eigenvalue weighted by Crippen LogP contribution is 2.35. The number of methoxy groups -OCH3 is 1. The van der Waals surface area contributed by atoms with E-state index in [0.29, 0.717) is 49.2 Å². The molecule has 352 valence electrons. The maximum atomic E-state index is 14.9. The Morgan fingerprint density at radius 2 is 1.51 bits per heavy atom. The average molecular weight is 914 g/mol. The number of ether oxygens (including phenoxy) is 2. The molecule has 0 aliphatic carbocycles. The van der Waals surface area contributed by atoms with Gasteiger partial charge in [0.05, 0.1) is 37.7 Å². The van der Waals surface area contributed by atoms with Crippen molar-refractivity contribution in [2.24, 2.45) is 11.1 Å². The van der Waals surface area contributed by atoms with Gasteiger partial charge in [-0.25, -0.2) is 4.79 Å². The first kappa shape index (κ1) is 49.3. The van der Waals surface area contributed by atoms with Gasteiger partial charge < -0.3 is 46.7 Å². The lowest BCUT2D eigenvalue weighted by Crippen LogP contribution is -2.58. The number of carbonyl (C=O) groups excluding carboxylic acids is 7. The van der Waals surface area contributed by atoms with Crippen molar-refractivity contribution < 1.29 is 43.0 Å². The molecule has 67 heavy (non-hydrogen) atoms. The van der Waals surface area contributed by atoms with E-state index in [-0.39, 0.29) is 64.4 Å². The van der Waals surface area contributed by atoms with Gasteiger partial charge in [-0.2, -0.15) is 0 Å². The summed E-state index contributed by atoms with van der Waals surface area (Å²) in [5.74, 6) is -3.26. The van der Waals surface area contributed by atoms with E-state index < -0.39 is 53.0 Å². The second-order valence-corrected chi connectivity index (χ2v) is 16.7. The Kier molecular flexibility index (Phi) is 17.9. The van der Waals surface area contributed by atoms with Crippen LogP contribution in [0.1, 0.15) is 51.9 Å². The summed E-state index contributed by atoms with van der Waals surface area (Å²) >= 11 is 0. The number of benzene rings is 4. The summed E-state index contributed by atoms with van der Waals surface area (Å²) in [6.45, 7) is 1.47. The normalized spacial score (nSPS) is 20.3. The van der Waals surface area contributed by atoms with Gasteiger partial charge in [0.1, 0.15) is 12.1 Å². The van der Waals surface area contributed by atoms with Crippen molar-refractivity contribution in [1.82, 2.24) is 31.5 Å². The lowest BCUT2D eigenvalue weighted by atomic mass is 9.74. The Bertz CT molecular complexity index is 2390. The maximum Gasteiger partial charge on any atom is 0.337 e. The standard InChI is InChI=1S/C51H59N7O9/c1-66-49(64)39-18-16-38(17-19-39)37-14-12-35(13-15-37)30-43-48(63)55-33-41-11-6-5-10-40(41)31-45(60)56-42(47(62)54-26-29-67-28-24-52)22-25-53-44(59)20-21-46(61)58-27-7-23-51(34-58,50(65)57-43)32-36-8-3-2-4-9-36/h2-6,8-21,42-43H,7,22-34,52H2,1H3,(H,53,59)(H,54,62)(H,55,63)(H,56,60)(H,57,65)/b21-20+/t42-,43-,51-/m0/s1. The smallest absolute Gasteiger partial charge is 0.337 e. The fourth-order valence-corrected chi connectivity index (χ4v) is 8.32. The van der Waals surface area contributed by atoms with Crippen LogP contribution >= 0.6 is 0 Å². The van der Waals surface area contributed by atoms with Crippen LogP contribution in [0, 0.1) is 5.41 Å². The van der Waals surface area contributed by atoms with Crippen molar-refractivity contribution in [1.29, 1.82) is 0 Å². The predicted molar refractivity (Wildman–Crippen MR) is 251 cm³/mol. The van der Waals surface area contributed by atoms with E-state index in [9.17, 15) is 33.6 Å². The summed E-state index contributed by atoms with van der Waals surface area (Å²) in [5, 5.41) is 14.4. The molecule has 0 spiro atoms. The minimum Gasteiger partial charge on any atom is -0.465 e. The number of hydrogen-bond donors (Lipinski definition) is 6. The third-order valence-electron chi connectivity index (χ3n) is 11.9. The number of nitrogens with zero attached hydrogens (tertiary/aromatic N) is 1. The van der Waals surface area contributed by atoms with Crippen LogP contribution in [-0.4, -0.2) is 111 Å². The van der Waals surface area contributed by atoms with Crippen molar-refractivity contribution in [3.05, 3.63) is 143 Å². The SMILES string of the molecule is COC(=O)c1ccc(-c2ccc(C[C@@H]3NC(=O)[C@]4(Cc5ccccc5)CCCN(C4)C(=O)/C=C/C(=O)NCC[C@@H](C(=O)NCCOCCN)NC(=O)Cc4ccccc4CNC3=O)cc2)cc1. The molecule has 1 saturated heterocycles. The van der Waals surface area contributed by atoms with Crippen LogP contribution in [0.5, 0.6) is 0 Å². The summed E-state index contributed by atoms with van der Waals surface area (Å²) in [4.78, 5) is 96.6. The number of nitrogens with two attached hydrogens (primary N) is 1. The molecular formula is C51H59N7O9. The van der Waals surface area contributed by atoms with E-state index in [1.165, 1.54) is 7.11 Å². The zero-order valence-electron chi connectivity index (χ0n) is 37.7. The first-order chi connectivity index (χ1) is 32.5. The molecule has 6 amide bonds. The fourth-order valence-electron chi connectivity index (χ4n) is 8.32. The Labute approximate surface area is 390 Å². The third-order valence-corrected chi connectivity index (χ3v) is 11.9. The Morgan fingerprint density at radius 1 is 0.806 bits per heavy atom. The van der Waals surface area contributed by atoms with E-state index in [1.54, 1.807) is 41.3 Å². The molecule has 2 aliphatic heterocycles. The number of amides is 6. The molecular weight excluding hydrogens is 855 g/mol. The molecule has 6 rings (SSSR count). The van der Waals surface area contributed by atoms with E-state index in [1.807, 2.05) is 66.7 Å². The van der Waals surface area contributed by atoms with Gasteiger partial charge in [-0.1, -0.05) is 91.0 Å². The molecule has 1 fully saturated rings. The molecule has 3 atom stereocenters. The van der Waals surface area contributed by atoms with E-state index >= 15 is 0 Å². The summed E-state index contributed by atoms with van der Waals surface area (Å²) in [6.07, 6.45) is 3.54.